The molecule has 4 rings (SSSR count). The van der Waals surface area contributed by atoms with Crippen LogP contribution >= 0.6 is 11.3 Å². The first-order chi connectivity index (χ1) is 15.5. The van der Waals surface area contributed by atoms with Crippen molar-refractivity contribution < 1.29 is 9.84 Å². The van der Waals surface area contributed by atoms with Crippen LogP contribution in [0.2, 0.25) is 0 Å². The lowest BCUT2D eigenvalue weighted by molar-refractivity contribution is 0.00751. The topological polar surface area (TPSA) is 78.5 Å². The minimum Gasteiger partial charge on any atom is -0.389 e. The van der Waals surface area contributed by atoms with Gasteiger partial charge in [0.05, 0.1) is 31.2 Å². The van der Waals surface area contributed by atoms with Gasteiger partial charge in [-0.25, -0.2) is 4.98 Å². The lowest BCUT2D eigenvalue weighted by Gasteiger charge is -2.25. The monoisotopic (exact) mass is 455 g/mol. The van der Waals surface area contributed by atoms with E-state index in [4.69, 9.17) is 9.72 Å². The normalized spacial score (nSPS) is 14.5. The van der Waals surface area contributed by atoms with Gasteiger partial charge in [0.1, 0.15) is 10.7 Å². The molecule has 2 aromatic heterocycles. The van der Waals surface area contributed by atoms with Gasteiger partial charge in [-0.3, -0.25) is 9.69 Å². The molecular weight excluding hydrogens is 422 g/mol. The van der Waals surface area contributed by atoms with Gasteiger partial charge in [0, 0.05) is 11.4 Å². The van der Waals surface area contributed by atoms with E-state index in [1.807, 2.05) is 30.3 Å². The summed E-state index contributed by atoms with van der Waals surface area (Å²) >= 11 is 1.66. The quantitative estimate of drug-likeness (QED) is 0.459. The Morgan fingerprint density at radius 3 is 2.84 bits per heavy atom. The van der Waals surface area contributed by atoms with Crippen molar-refractivity contribution in [3.8, 4) is 0 Å². The van der Waals surface area contributed by atoms with Gasteiger partial charge in [0.15, 0.2) is 0 Å². The molecule has 6 nitrogen and oxygen atoms in total. The fourth-order valence-corrected chi connectivity index (χ4v) is 5.53. The number of fused-ring (bicyclic) bond motifs is 3. The van der Waals surface area contributed by atoms with E-state index in [9.17, 15) is 9.90 Å². The van der Waals surface area contributed by atoms with Crippen LogP contribution in [-0.4, -0.2) is 45.8 Å². The number of hydrogen-bond donors (Lipinski definition) is 2. The van der Waals surface area contributed by atoms with Crippen LogP contribution in [0.25, 0.3) is 10.2 Å². The summed E-state index contributed by atoms with van der Waals surface area (Å²) in [6, 6.07) is 9.97. The molecule has 0 bridgehead atoms. The molecule has 7 heteroatoms. The molecule has 0 aliphatic heterocycles. The van der Waals surface area contributed by atoms with Gasteiger partial charge in [0.25, 0.3) is 5.56 Å². The summed E-state index contributed by atoms with van der Waals surface area (Å²) in [7, 11) is 0. The molecule has 0 saturated carbocycles. The highest BCUT2D eigenvalue weighted by atomic mass is 32.1. The third-order valence-electron chi connectivity index (χ3n) is 5.91. The molecule has 1 aromatic carbocycles. The van der Waals surface area contributed by atoms with Crippen LogP contribution in [0.15, 0.2) is 35.1 Å². The maximum atomic E-state index is 12.8. The summed E-state index contributed by atoms with van der Waals surface area (Å²) in [4.78, 5) is 24.9. The van der Waals surface area contributed by atoms with Gasteiger partial charge in [-0.1, -0.05) is 44.2 Å². The zero-order valence-corrected chi connectivity index (χ0v) is 19.8. The molecule has 3 aromatic rings. The average molecular weight is 456 g/mol. The smallest absolute Gasteiger partial charge is 0.259 e. The number of aromatic amines is 1. The van der Waals surface area contributed by atoms with Crippen molar-refractivity contribution in [2.75, 3.05) is 19.7 Å². The Balaban J connectivity index is 1.40. The molecule has 32 heavy (non-hydrogen) atoms. The third-order valence-corrected chi connectivity index (χ3v) is 7.10. The highest BCUT2D eigenvalue weighted by Crippen LogP contribution is 2.34. The summed E-state index contributed by atoms with van der Waals surface area (Å²) in [6.45, 7) is 6.95. The van der Waals surface area contributed by atoms with Crippen LogP contribution in [0.3, 0.4) is 0 Å². The summed E-state index contributed by atoms with van der Waals surface area (Å²) in [6.07, 6.45) is 3.57. The molecule has 2 N–H and O–H groups in total. The average Bonchev–Trinajstić information content (AvgIpc) is 3.33. The number of rotatable bonds is 11. The Morgan fingerprint density at radius 1 is 1.25 bits per heavy atom. The fourth-order valence-electron chi connectivity index (χ4n) is 4.25. The lowest BCUT2D eigenvalue weighted by atomic mass is 10.1. The summed E-state index contributed by atoms with van der Waals surface area (Å²) in [5.74, 6) is 1.22. The molecular formula is C25H33N3O3S. The van der Waals surface area contributed by atoms with Gasteiger partial charge >= 0.3 is 0 Å². The molecule has 0 radical (unpaired) electrons. The summed E-state index contributed by atoms with van der Waals surface area (Å²) in [5, 5.41) is 11.4. The van der Waals surface area contributed by atoms with Crippen LogP contribution in [0.4, 0.5) is 0 Å². The van der Waals surface area contributed by atoms with Crippen molar-refractivity contribution in [2.24, 2.45) is 5.92 Å². The molecule has 1 unspecified atom stereocenters. The highest BCUT2D eigenvalue weighted by Gasteiger charge is 2.22. The van der Waals surface area contributed by atoms with Gasteiger partial charge in [0.2, 0.25) is 0 Å². The molecule has 0 spiro atoms. The number of nitrogens with zero attached hydrogens (tertiary/aromatic N) is 2. The number of benzene rings is 1. The van der Waals surface area contributed by atoms with Crippen LogP contribution in [0, 0.1) is 5.92 Å². The van der Waals surface area contributed by atoms with Crippen molar-refractivity contribution in [2.45, 2.75) is 58.8 Å². The predicted molar refractivity (Wildman–Crippen MR) is 129 cm³/mol. The SMILES string of the molecule is CC(C)CCN(Cc1nc2sc3c(c2c(=O)[nH]1)CCC3)CC(O)COCc1ccccc1. The first-order valence-corrected chi connectivity index (χ1v) is 12.4. The number of aliphatic hydroxyl groups excluding tert-OH is 1. The number of ether oxygens (including phenoxy) is 1. The van der Waals surface area contributed by atoms with Crippen LogP contribution in [0.1, 0.15) is 48.5 Å². The Labute approximate surface area is 193 Å². The van der Waals surface area contributed by atoms with Crippen LogP contribution in [0.5, 0.6) is 0 Å². The minimum atomic E-state index is -0.605. The first kappa shape index (κ1) is 23.1. The summed E-state index contributed by atoms with van der Waals surface area (Å²) in [5.41, 5.74) is 2.27. The maximum absolute atomic E-state index is 12.8. The van der Waals surface area contributed by atoms with E-state index in [1.54, 1.807) is 11.3 Å². The largest absolute Gasteiger partial charge is 0.389 e. The van der Waals surface area contributed by atoms with Gasteiger partial charge in [-0.2, -0.15) is 0 Å². The second-order valence-corrected chi connectivity index (χ2v) is 10.2. The molecule has 0 amide bonds. The molecule has 0 saturated heterocycles. The second kappa shape index (κ2) is 10.7. The van der Waals surface area contributed by atoms with Gasteiger partial charge < -0.3 is 14.8 Å². The Hall–Kier alpha value is -2.06. The molecule has 172 valence electrons. The van der Waals surface area contributed by atoms with Crippen LogP contribution in [-0.2, 0) is 30.7 Å². The zero-order valence-electron chi connectivity index (χ0n) is 19.0. The van der Waals surface area contributed by atoms with E-state index in [1.165, 1.54) is 10.4 Å². The number of aromatic nitrogens is 2. The van der Waals surface area contributed by atoms with E-state index < -0.39 is 6.10 Å². The van der Waals surface area contributed by atoms with E-state index in [-0.39, 0.29) is 12.2 Å². The van der Waals surface area contributed by atoms with E-state index in [0.29, 0.717) is 31.4 Å². The maximum Gasteiger partial charge on any atom is 0.259 e. The Morgan fingerprint density at radius 2 is 2.06 bits per heavy atom. The zero-order chi connectivity index (χ0) is 22.5. The molecule has 2 heterocycles. The minimum absolute atomic E-state index is 0.0278. The standard InChI is InChI=1S/C25H33N3O3S/c1-17(2)11-12-28(13-19(29)16-31-15-18-7-4-3-5-8-18)14-22-26-24(30)23-20-9-6-10-21(20)32-25(23)27-22/h3-5,7-8,17,19,29H,6,9-16H2,1-2H3,(H,26,27,30). The van der Waals surface area contributed by atoms with Crippen LogP contribution < -0.4 is 5.56 Å². The third kappa shape index (κ3) is 5.84. The van der Waals surface area contributed by atoms with E-state index in [0.717, 1.165) is 48.0 Å². The van der Waals surface area contributed by atoms with E-state index in [2.05, 4.69) is 23.7 Å². The van der Waals surface area contributed by atoms with Crippen molar-refractivity contribution >= 4 is 21.6 Å². The Kier molecular flexibility index (Phi) is 7.73. The molecule has 1 aliphatic carbocycles. The van der Waals surface area contributed by atoms with Crippen molar-refractivity contribution in [1.29, 1.82) is 0 Å². The molecule has 1 atom stereocenters. The number of aliphatic hydroxyl groups is 1. The van der Waals surface area contributed by atoms with Crippen molar-refractivity contribution in [3.63, 3.8) is 0 Å². The van der Waals surface area contributed by atoms with Gasteiger partial charge in [-0.15, -0.1) is 11.3 Å². The number of aryl methyl sites for hydroxylation is 2. The first-order valence-electron chi connectivity index (χ1n) is 11.5. The number of thiophene rings is 1. The molecule has 0 fully saturated rings. The van der Waals surface area contributed by atoms with Crippen molar-refractivity contribution in [3.05, 3.63) is 62.5 Å². The second-order valence-electron chi connectivity index (χ2n) is 9.12. The predicted octanol–water partition coefficient (Wildman–Crippen LogP) is 3.90. The van der Waals surface area contributed by atoms with Gasteiger partial charge in [-0.05, 0) is 49.3 Å². The highest BCUT2D eigenvalue weighted by molar-refractivity contribution is 7.18. The van der Waals surface area contributed by atoms with E-state index >= 15 is 0 Å². The number of nitrogens with one attached hydrogen (secondary N) is 1. The number of H-pyrrole nitrogens is 1. The fraction of sp³-hybridized carbons (Fsp3) is 0.520. The molecule has 1 aliphatic rings. The number of hydrogen-bond acceptors (Lipinski definition) is 6. The Bertz CT molecular complexity index is 1080. The lowest BCUT2D eigenvalue weighted by Crippen LogP contribution is -2.36. The summed E-state index contributed by atoms with van der Waals surface area (Å²) < 4.78 is 5.72. The van der Waals surface area contributed by atoms with Crippen molar-refractivity contribution in [1.82, 2.24) is 14.9 Å².